The summed E-state index contributed by atoms with van der Waals surface area (Å²) in [6.07, 6.45) is 2.00. The highest BCUT2D eigenvalue weighted by atomic mass is 19.3. The predicted molar refractivity (Wildman–Crippen MR) is 64.4 cm³/mol. The lowest BCUT2D eigenvalue weighted by molar-refractivity contribution is -0.0436. The fourth-order valence-electron chi connectivity index (χ4n) is 1.99. The monoisotopic (exact) mass is 254 g/mol. The third-order valence-electron chi connectivity index (χ3n) is 3.20. The van der Waals surface area contributed by atoms with Crippen LogP contribution in [0.3, 0.4) is 0 Å². The molecule has 1 aliphatic carbocycles. The average molecular weight is 254 g/mol. The van der Waals surface area contributed by atoms with Crippen molar-refractivity contribution in [3.63, 3.8) is 0 Å². The normalized spacial score (nSPS) is 15.4. The second-order valence-electron chi connectivity index (χ2n) is 4.59. The summed E-state index contributed by atoms with van der Waals surface area (Å²) in [6, 6.07) is 5.04. The van der Waals surface area contributed by atoms with Crippen molar-refractivity contribution >= 4 is 5.78 Å². The van der Waals surface area contributed by atoms with Crippen LogP contribution in [0.5, 0.6) is 5.75 Å². The van der Waals surface area contributed by atoms with Crippen LogP contribution < -0.4 is 4.74 Å². The molecule has 0 fully saturated rings. The summed E-state index contributed by atoms with van der Waals surface area (Å²) in [5.41, 5.74) is 1.61. The Labute approximate surface area is 105 Å². The molecule has 1 aliphatic rings. The van der Waals surface area contributed by atoms with Gasteiger partial charge in [0.25, 0.3) is 5.92 Å². The lowest BCUT2D eigenvalue weighted by Gasteiger charge is -2.18. The molecule has 1 aromatic rings. The van der Waals surface area contributed by atoms with Crippen molar-refractivity contribution in [3.05, 3.63) is 29.3 Å². The highest BCUT2D eigenvalue weighted by molar-refractivity contribution is 5.98. The molecule has 0 spiro atoms. The van der Waals surface area contributed by atoms with Crippen LogP contribution >= 0.6 is 0 Å². The summed E-state index contributed by atoms with van der Waals surface area (Å²) >= 11 is 0. The molecule has 0 saturated heterocycles. The van der Waals surface area contributed by atoms with Gasteiger partial charge in [0.1, 0.15) is 5.75 Å². The number of hydrogen-bond donors (Lipinski definition) is 0. The van der Waals surface area contributed by atoms with Gasteiger partial charge in [-0.3, -0.25) is 4.79 Å². The van der Waals surface area contributed by atoms with Gasteiger partial charge in [0.2, 0.25) is 0 Å². The standard InChI is InChI=1S/C14H16F2O2/c1-2-14(15,16)9-18-11-7-6-10-4-3-5-13(17)12(10)8-11/h6-8H,2-5,9H2,1H3. The molecule has 1 aromatic carbocycles. The number of carbonyl (C=O) groups is 1. The van der Waals surface area contributed by atoms with Crippen molar-refractivity contribution < 1.29 is 18.3 Å². The Hall–Kier alpha value is -1.45. The first-order valence-electron chi connectivity index (χ1n) is 6.18. The van der Waals surface area contributed by atoms with Crippen LogP contribution in [-0.4, -0.2) is 18.3 Å². The fraction of sp³-hybridized carbons (Fsp3) is 0.500. The van der Waals surface area contributed by atoms with E-state index in [1.807, 2.05) is 0 Å². The minimum atomic E-state index is -2.82. The minimum absolute atomic E-state index is 0.0731. The van der Waals surface area contributed by atoms with Crippen molar-refractivity contribution in [3.8, 4) is 5.75 Å². The Morgan fingerprint density at radius 3 is 2.83 bits per heavy atom. The molecule has 0 unspecified atom stereocenters. The highest BCUT2D eigenvalue weighted by Crippen LogP contribution is 2.27. The van der Waals surface area contributed by atoms with Crippen LogP contribution in [0.1, 0.15) is 42.1 Å². The van der Waals surface area contributed by atoms with Crippen LogP contribution in [0.2, 0.25) is 0 Å². The lowest BCUT2D eigenvalue weighted by Crippen LogP contribution is -2.24. The van der Waals surface area contributed by atoms with E-state index in [0.29, 0.717) is 17.7 Å². The molecule has 0 amide bonds. The Morgan fingerprint density at radius 1 is 1.33 bits per heavy atom. The molecule has 4 heteroatoms. The molecule has 2 nitrogen and oxygen atoms in total. The molecule has 0 heterocycles. The SMILES string of the molecule is CCC(F)(F)COc1ccc2c(c1)C(=O)CCC2. The third-order valence-corrected chi connectivity index (χ3v) is 3.20. The van der Waals surface area contributed by atoms with Gasteiger partial charge in [-0.05, 0) is 30.5 Å². The summed E-state index contributed by atoms with van der Waals surface area (Å²) in [5.74, 6) is -2.40. The van der Waals surface area contributed by atoms with Crippen LogP contribution in [0.4, 0.5) is 8.78 Å². The van der Waals surface area contributed by atoms with Crippen molar-refractivity contribution in [1.82, 2.24) is 0 Å². The average Bonchev–Trinajstić information content (AvgIpc) is 2.37. The van der Waals surface area contributed by atoms with Crippen molar-refractivity contribution in [1.29, 1.82) is 0 Å². The molecule has 0 N–H and O–H groups in total. The maximum absolute atomic E-state index is 13.1. The van der Waals surface area contributed by atoms with Crippen molar-refractivity contribution in [2.24, 2.45) is 0 Å². The van der Waals surface area contributed by atoms with Crippen LogP contribution in [0, 0.1) is 0 Å². The molecule has 2 rings (SSSR count). The number of rotatable bonds is 4. The number of carbonyl (C=O) groups excluding carboxylic acids is 1. The molecule has 98 valence electrons. The second-order valence-corrected chi connectivity index (χ2v) is 4.59. The maximum Gasteiger partial charge on any atom is 0.281 e. The first kappa shape index (κ1) is 13.0. The van der Waals surface area contributed by atoms with E-state index in [4.69, 9.17) is 4.74 Å². The molecule has 0 atom stereocenters. The van der Waals surface area contributed by atoms with E-state index in [1.165, 1.54) is 6.92 Å². The number of aryl methyl sites for hydroxylation is 1. The van der Waals surface area contributed by atoms with Gasteiger partial charge >= 0.3 is 0 Å². The second kappa shape index (κ2) is 5.04. The topological polar surface area (TPSA) is 26.3 Å². The fourth-order valence-corrected chi connectivity index (χ4v) is 1.99. The van der Waals surface area contributed by atoms with Crippen molar-refractivity contribution in [2.45, 2.75) is 38.5 Å². The Balaban J connectivity index is 2.11. The van der Waals surface area contributed by atoms with Crippen LogP contribution in [0.25, 0.3) is 0 Å². The van der Waals surface area contributed by atoms with Gasteiger partial charge in [-0.15, -0.1) is 0 Å². The zero-order chi connectivity index (χ0) is 13.2. The summed E-state index contributed by atoms with van der Waals surface area (Å²) in [7, 11) is 0. The van der Waals surface area contributed by atoms with Crippen molar-refractivity contribution in [2.75, 3.05) is 6.61 Å². The molecular weight excluding hydrogens is 238 g/mol. The van der Waals surface area contributed by atoms with Crippen LogP contribution in [0.15, 0.2) is 18.2 Å². The molecule has 0 bridgehead atoms. The van der Waals surface area contributed by atoms with Crippen LogP contribution in [-0.2, 0) is 6.42 Å². The van der Waals surface area contributed by atoms with E-state index < -0.39 is 12.5 Å². The van der Waals surface area contributed by atoms with Gasteiger partial charge in [-0.25, -0.2) is 8.78 Å². The number of alkyl halides is 2. The molecule has 0 saturated carbocycles. The number of Topliss-reactive ketones (excluding diaryl/α,β-unsaturated/α-hetero) is 1. The van der Waals surface area contributed by atoms with E-state index in [1.54, 1.807) is 18.2 Å². The zero-order valence-corrected chi connectivity index (χ0v) is 10.3. The molecule has 0 radical (unpaired) electrons. The largest absolute Gasteiger partial charge is 0.487 e. The summed E-state index contributed by atoms with van der Waals surface area (Å²) in [6.45, 7) is 0.774. The molecule has 0 aliphatic heterocycles. The Bertz CT molecular complexity index is 455. The lowest BCUT2D eigenvalue weighted by atomic mass is 9.90. The maximum atomic E-state index is 13.1. The van der Waals surface area contributed by atoms with E-state index in [-0.39, 0.29) is 12.2 Å². The Morgan fingerprint density at radius 2 is 2.11 bits per heavy atom. The number of hydrogen-bond acceptors (Lipinski definition) is 2. The van der Waals surface area contributed by atoms with E-state index in [2.05, 4.69) is 0 Å². The first-order valence-corrected chi connectivity index (χ1v) is 6.18. The predicted octanol–water partition coefficient (Wildman–Crippen LogP) is 3.63. The third kappa shape index (κ3) is 2.86. The van der Waals surface area contributed by atoms with Gasteiger partial charge in [-0.1, -0.05) is 13.0 Å². The number of halogens is 2. The quantitative estimate of drug-likeness (QED) is 0.820. The zero-order valence-electron chi connectivity index (χ0n) is 10.3. The number of fused-ring (bicyclic) bond motifs is 1. The van der Waals surface area contributed by atoms with Gasteiger partial charge in [0, 0.05) is 18.4 Å². The summed E-state index contributed by atoms with van der Waals surface area (Å²) in [5, 5.41) is 0. The van der Waals surface area contributed by atoms with E-state index in [9.17, 15) is 13.6 Å². The molecular formula is C14H16F2O2. The number of benzene rings is 1. The van der Waals surface area contributed by atoms with Gasteiger partial charge in [0.05, 0.1) is 0 Å². The summed E-state index contributed by atoms with van der Waals surface area (Å²) < 4.78 is 31.2. The minimum Gasteiger partial charge on any atom is -0.487 e. The Kier molecular flexibility index (Phi) is 3.64. The summed E-state index contributed by atoms with van der Waals surface area (Å²) in [4.78, 5) is 11.7. The van der Waals surface area contributed by atoms with Gasteiger partial charge < -0.3 is 4.74 Å². The highest BCUT2D eigenvalue weighted by Gasteiger charge is 2.27. The number of ketones is 1. The molecule has 0 aromatic heterocycles. The number of ether oxygens (including phenoxy) is 1. The van der Waals surface area contributed by atoms with E-state index >= 15 is 0 Å². The van der Waals surface area contributed by atoms with Gasteiger partial charge in [-0.2, -0.15) is 0 Å². The van der Waals surface area contributed by atoms with Gasteiger partial charge in [0.15, 0.2) is 12.4 Å². The first-order chi connectivity index (χ1) is 8.52. The smallest absolute Gasteiger partial charge is 0.281 e. The molecule has 18 heavy (non-hydrogen) atoms. The van der Waals surface area contributed by atoms with E-state index in [0.717, 1.165) is 18.4 Å².